The first-order chi connectivity index (χ1) is 14.3. The number of aromatic amines is 1. The average molecular weight is 420 g/mol. The van der Waals surface area contributed by atoms with E-state index in [1.807, 2.05) is 19.9 Å². The number of sulfone groups is 1. The Kier molecular flexibility index (Phi) is 5.09. The summed E-state index contributed by atoms with van der Waals surface area (Å²) in [5.74, 6) is -0.427. The molecule has 0 atom stereocenters. The first-order valence-electron chi connectivity index (χ1n) is 9.32. The van der Waals surface area contributed by atoms with Gasteiger partial charge in [-0.05, 0) is 49.7 Å². The number of carbonyl (C=O) groups is 1. The number of amides is 1. The number of aryl methyl sites for hydroxylation is 2. The largest absolute Gasteiger partial charge is 0.321 e. The summed E-state index contributed by atoms with van der Waals surface area (Å²) in [7, 11) is -3.45. The minimum Gasteiger partial charge on any atom is -0.321 e. The zero-order valence-electron chi connectivity index (χ0n) is 16.5. The number of rotatable bonds is 5. The Hall–Kier alpha value is -3.52. The Labute approximate surface area is 174 Å². The highest BCUT2D eigenvalue weighted by Crippen LogP contribution is 2.20. The molecule has 2 N–H and O–H groups in total. The Morgan fingerprint density at radius 2 is 1.73 bits per heavy atom. The van der Waals surface area contributed by atoms with E-state index in [9.17, 15) is 13.2 Å². The molecule has 152 valence electrons. The lowest BCUT2D eigenvalue weighted by atomic mass is 10.1. The zero-order valence-corrected chi connectivity index (χ0v) is 17.3. The first-order valence-corrected chi connectivity index (χ1v) is 11.0. The molecule has 7 nitrogen and oxygen atoms in total. The molecule has 0 aliphatic carbocycles. The number of aromatic nitrogens is 3. The normalized spacial score (nSPS) is 11.5. The monoisotopic (exact) mass is 420 g/mol. The van der Waals surface area contributed by atoms with E-state index in [2.05, 4.69) is 20.5 Å². The van der Waals surface area contributed by atoms with Crippen molar-refractivity contribution in [3.63, 3.8) is 0 Å². The van der Waals surface area contributed by atoms with Gasteiger partial charge in [-0.15, -0.1) is 0 Å². The third kappa shape index (κ3) is 4.08. The average Bonchev–Trinajstić information content (AvgIpc) is 3.09. The predicted octanol–water partition coefficient (Wildman–Crippen LogP) is 3.80. The van der Waals surface area contributed by atoms with Crippen molar-refractivity contribution in [3.05, 3.63) is 83.2 Å². The van der Waals surface area contributed by atoms with Crippen LogP contribution in [0.25, 0.3) is 11.0 Å². The van der Waals surface area contributed by atoms with Crippen LogP contribution in [0.15, 0.2) is 65.7 Å². The second-order valence-corrected chi connectivity index (χ2v) is 9.16. The molecule has 2 aromatic heterocycles. The second kappa shape index (κ2) is 7.72. The van der Waals surface area contributed by atoms with Crippen molar-refractivity contribution in [3.8, 4) is 0 Å². The van der Waals surface area contributed by atoms with Gasteiger partial charge in [0.15, 0.2) is 15.5 Å². The molecular formula is C22H20N4O3S. The third-order valence-corrected chi connectivity index (χ3v) is 6.51. The molecule has 0 fully saturated rings. The van der Waals surface area contributed by atoms with E-state index in [0.717, 1.165) is 16.6 Å². The maximum Gasteiger partial charge on any atom is 0.255 e. The molecular weight excluding hydrogens is 400 g/mol. The summed E-state index contributed by atoms with van der Waals surface area (Å²) in [4.78, 5) is 17.0. The minimum absolute atomic E-state index is 0.127. The van der Waals surface area contributed by atoms with Crippen LogP contribution in [0.2, 0.25) is 0 Å². The maximum atomic E-state index is 12.6. The molecule has 30 heavy (non-hydrogen) atoms. The van der Waals surface area contributed by atoms with Gasteiger partial charge in [0.1, 0.15) is 0 Å². The molecule has 4 aromatic rings. The van der Waals surface area contributed by atoms with Gasteiger partial charge in [-0.25, -0.2) is 13.4 Å². The molecule has 0 saturated carbocycles. The van der Waals surface area contributed by atoms with Crippen molar-refractivity contribution in [1.82, 2.24) is 15.2 Å². The lowest BCUT2D eigenvalue weighted by Crippen LogP contribution is -2.12. The van der Waals surface area contributed by atoms with Crippen molar-refractivity contribution in [2.75, 3.05) is 5.32 Å². The van der Waals surface area contributed by atoms with Crippen molar-refractivity contribution >= 4 is 32.5 Å². The smallest absolute Gasteiger partial charge is 0.255 e. The number of H-pyrrole nitrogens is 1. The lowest BCUT2D eigenvalue weighted by molar-refractivity contribution is 0.102. The number of nitrogens with one attached hydrogen (secondary N) is 2. The van der Waals surface area contributed by atoms with Crippen LogP contribution in [0.4, 0.5) is 5.69 Å². The summed E-state index contributed by atoms with van der Waals surface area (Å²) in [5.41, 5.74) is 4.06. The molecule has 0 spiro atoms. The van der Waals surface area contributed by atoms with Crippen LogP contribution in [-0.4, -0.2) is 29.5 Å². The van der Waals surface area contributed by atoms with E-state index in [1.54, 1.807) is 54.7 Å². The van der Waals surface area contributed by atoms with Crippen LogP contribution in [0, 0.1) is 13.8 Å². The quantitative estimate of drug-likeness (QED) is 0.511. The molecule has 4 rings (SSSR count). The van der Waals surface area contributed by atoms with Gasteiger partial charge in [0.2, 0.25) is 0 Å². The highest BCUT2D eigenvalue weighted by Gasteiger charge is 2.16. The van der Waals surface area contributed by atoms with Crippen molar-refractivity contribution in [2.45, 2.75) is 24.5 Å². The van der Waals surface area contributed by atoms with Gasteiger partial charge in [-0.3, -0.25) is 9.89 Å². The summed E-state index contributed by atoms with van der Waals surface area (Å²) in [6, 6.07) is 15.1. The first kappa shape index (κ1) is 19.8. The Morgan fingerprint density at radius 1 is 1.03 bits per heavy atom. The van der Waals surface area contributed by atoms with Crippen molar-refractivity contribution in [2.24, 2.45) is 0 Å². The van der Waals surface area contributed by atoms with Crippen molar-refractivity contribution < 1.29 is 13.2 Å². The molecule has 2 aromatic carbocycles. The van der Waals surface area contributed by atoms with Crippen molar-refractivity contribution in [1.29, 1.82) is 0 Å². The summed E-state index contributed by atoms with van der Waals surface area (Å²) >= 11 is 0. The molecule has 0 radical (unpaired) electrons. The van der Waals surface area contributed by atoms with E-state index >= 15 is 0 Å². The van der Waals surface area contributed by atoms with Gasteiger partial charge >= 0.3 is 0 Å². The molecule has 0 bridgehead atoms. The Balaban J connectivity index is 1.47. The predicted molar refractivity (Wildman–Crippen MR) is 115 cm³/mol. The van der Waals surface area contributed by atoms with Gasteiger partial charge < -0.3 is 5.32 Å². The molecule has 0 unspecified atom stereocenters. The summed E-state index contributed by atoms with van der Waals surface area (Å²) < 4.78 is 25.2. The highest BCUT2D eigenvalue weighted by molar-refractivity contribution is 7.90. The van der Waals surface area contributed by atoms with Gasteiger partial charge in [0.05, 0.1) is 22.5 Å². The summed E-state index contributed by atoms with van der Waals surface area (Å²) in [6.07, 6.45) is 1.54. The van der Waals surface area contributed by atoms with E-state index < -0.39 is 9.84 Å². The lowest BCUT2D eigenvalue weighted by Gasteiger charge is -2.08. The highest BCUT2D eigenvalue weighted by atomic mass is 32.2. The number of hydrogen-bond donors (Lipinski definition) is 2. The standard InChI is InChI=1S/C22H20N4O3S/c1-14-3-9-19(10-4-14)30(28,29)13-16-5-7-17(8-6-16)22(27)24-18-11-20-15(2)25-26-21(20)23-12-18/h3-12H,13H2,1-2H3,(H,24,27)(H,23,25,26). The number of carbonyl (C=O) groups excluding carboxylic acids is 1. The van der Waals surface area contributed by atoms with Gasteiger partial charge in [0, 0.05) is 16.6 Å². The Bertz CT molecular complexity index is 1330. The SMILES string of the molecule is Cc1ccc(S(=O)(=O)Cc2ccc(C(=O)Nc3cnc4n[nH]c(C)c4c3)cc2)cc1. The third-order valence-electron chi connectivity index (χ3n) is 4.81. The van der Waals surface area contributed by atoms with Crippen LogP contribution >= 0.6 is 0 Å². The summed E-state index contributed by atoms with van der Waals surface area (Å²) in [6.45, 7) is 3.79. The number of nitrogens with zero attached hydrogens (tertiary/aromatic N) is 2. The van der Waals surface area contributed by atoms with Gasteiger partial charge in [-0.2, -0.15) is 5.10 Å². The number of benzene rings is 2. The van der Waals surface area contributed by atoms with Crippen LogP contribution < -0.4 is 5.32 Å². The van der Waals surface area contributed by atoms with E-state index in [0.29, 0.717) is 22.5 Å². The van der Waals surface area contributed by atoms with Gasteiger partial charge in [0.25, 0.3) is 5.91 Å². The van der Waals surface area contributed by atoms with E-state index in [4.69, 9.17) is 0 Å². The maximum absolute atomic E-state index is 12.6. The number of hydrogen-bond acceptors (Lipinski definition) is 5. The van der Waals surface area contributed by atoms with Crippen LogP contribution in [-0.2, 0) is 15.6 Å². The summed E-state index contributed by atoms with van der Waals surface area (Å²) in [5, 5.41) is 10.6. The topological polar surface area (TPSA) is 105 Å². The van der Waals surface area contributed by atoms with Gasteiger partial charge in [-0.1, -0.05) is 29.8 Å². The fourth-order valence-electron chi connectivity index (χ4n) is 3.09. The molecule has 8 heteroatoms. The van der Waals surface area contributed by atoms with Crippen LogP contribution in [0.5, 0.6) is 0 Å². The zero-order chi connectivity index (χ0) is 21.3. The van der Waals surface area contributed by atoms with Crippen LogP contribution in [0.3, 0.4) is 0 Å². The minimum atomic E-state index is -3.45. The van der Waals surface area contributed by atoms with Crippen LogP contribution in [0.1, 0.15) is 27.2 Å². The second-order valence-electron chi connectivity index (χ2n) is 7.17. The number of pyridine rings is 1. The Morgan fingerprint density at radius 3 is 2.43 bits per heavy atom. The molecule has 0 saturated heterocycles. The van der Waals surface area contributed by atoms with E-state index in [1.165, 1.54) is 0 Å². The number of anilines is 1. The molecule has 0 aliphatic rings. The fourth-order valence-corrected chi connectivity index (χ4v) is 4.44. The molecule has 1 amide bonds. The number of fused-ring (bicyclic) bond motifs is 1. The molecule has 0 aliphatic heterocycles. The fraction of sp³-hybridized carbons (Fsp3) is 0.136. The van der Waals surface area contributed by atoms with E-state index in [-0.39, 0.29) is 16.6 Å². The molecule has 2 heterocycles.